The first-order chi connectivity index (χ1) is 8.60. The molecular weight excluding hydrogens is 226 g/mol. The summed E-state index contributed by atoms with van der Waals surface area (Å²) in [5.74, 6) is 0.490. The number of aromatic amines is 1. The van der Waals surface area contributed by atoms with E-state index in [0.29, 0.717) is 11.6 Å². The molecular formula is C14H17N3O. The summed E-state index contributed by atoms with van der Waals surface area (Å²) in [5.41, 5.74) is 3.93. The maximum atomic E-state index is 11.4. The molecule has 0 aliphatic heterocycles. The van der Waals surface area contributed by atoms with Crippen LogP contribution in [0.25, 0.3) is 0 Å². The average molecular weight is 243 g/mol. The summed E-state index contributed by atoms with van der Waals surface area (Å²) in [6.07, 6.45) is 0.931. The standard InChI is InChI=1S/C14H17N3O/c1-4-11-7-5-6-9(2)13(11)17-14-15-10(3)8-12(18)16-14/h5-8H,4H2,1-3H3,(H2,15,16,17,18). The van der Waals surface area contributed by atoms with Gasteiger partial charge in [-0.2, -0.15) is 0 Å². The summed E-state index contributed by atoms with van der Waals surface area (Å²) in [4.78, 5) is 18.4. The summed E-state index contributed by atoms with van der Waals surface area (Å²) in [6.45, 7) is 5.95. The predicted octanol–water partition coefficient (Wildman–Crippen LogP) is 2.69. The van der Waals surface area contributed by atoms with Crippen molar-refractivity contribution in [3.63, 3.8) is 0 Å². The first-order valence-corrected chi connectivity index (χ1v) is 6.03. The molecule has 0 bridgehead atoms. The van der Waals surface area contributed by atoms with Gasteiger partial charge in [0.1, 0.15) is 0 Å². The third kappa shape index (κ3) is 2.59. The van der Waals surface area contributed by atoms with Gasteiger partial charge in [0.25, 0.3) is 5.56 Å². The van der Waals surface area contributed by atoms with Gasteiger partial charge in [-0.05, 0) is 31.4 Å². The molecule has 18 heavy (non-hydrogen) atoms. The van der Waals surface area contributed by atoms with E-state index in [-0.39, 0.29) is 5.56 Å². The van der Waals surface area contributed by atoms with Crippen LogP contribution in [0.4, 0.5) is 11.6 Å². The highest BCUT2D eigenvalue weighted by Gasteiger charge is 2.06. The van der Waals surface area contributed by atoms with Crippen molar-refractivity contribution in [1.29, 1.82) is 0 Å². The van der Waals surface area contributed by atoms with Crippen LogP contribution >= 0.6 is 0 Å². The highest BCUT2D eigenvalue weighted by molar-refractivity contribution is 5.63. The van der Waals surface area contributed by atoms with Crippen LogP contribution in [0.5, 0.6) is 0 Å². The minimum atomic E-state index is -0.142. The monoisotopic (exact) mass is 243 g/mol. The Kier molecular flexibility index (Phi) is 3.46. The molecule has 0 unspecified atom stereocenters. The zero-order valence-electron chi connectivity index (χ0n) is 10.9. The van der Waals surface area contributed by atoms with Gasteiger partial charge >= 0.3 is 0 Å². The number of hydrogen-bond donors (Lipinski definition) is 2. The number of aromatic nitrogens is 2. The van der Waals surface area contributed by atoms with Gasteiger partial charge in [0, 0.05) is 17.4 Å². The fourth-order valence-electron chi connectivity index (χ4n) is 1.96. The maximum absolute atomic E-state index is 11.4. The first-order valence-electron chi connectivity index (χ1n) is 6.03. The van der Waals surface area contributed by atoms with Crippen LogP contribution in [0, 0.1) is 13.8 Å². The number of H-pyrrole nitrogens is 1. The van der Waals surface area contributed by atoms with E-state index in [1.807, 2.05) is 19.1 Å². The SMILES string of the molecule is CCc1cccc(C)c1Nc1nc(C)cc(=O)[nH]1. The summed E-state index contributed by atoms with van der Waals surface area (Å²) in [5, 5.41) is 3.21. The summed E-state index contributed by atoms with van der Waals surface area (Å²) >= 11 is 0. The molecule has 1 aromatic carbocycles. The van der Waals surface area contributed by atoms with Crippen molar-refractivity contribution in [3.8, 4) is 0 Å². The topological polar surface area (TPSA) is 57.8 Å². The van der Waals surface area contributed by atoms with Crippen molar-refractivity contribution in [2.75, 3.05) is 5.32 Å². The second kappa shape index (κ2) is 5.04. The molecule has 0 aliphatic carbocycles. The quantitative estimate of drug-likeness (QED) is 0.871. The molecule has 4 heteroatoms. The minimum Gasteiger partial charge on any atom is -0.325 e. The Balaban J connectivity index is 2.42. The second-order valence-corrected chi connectivity index (χ2v) is 4.32. The molecule has 0 radical (unpaired) electrons. The number of nitrogens with one attached hydrogen (secondary N) is 2. The van der Waals surface area contributed by atoms with Crippen molar-refractivity contribution in [1.82, 2.24) is 9.97 Å². The number of anilines is 2. The Hall–Kier alpha value is -2.10. The fraction of sp³-hybridized carbons (Fsp3) is 0.286. The van der Waals surface area contributed by atoms with Gasteiger partial charge < -0.3 is 5.32 Å². The third-order valence-electron chi connectivity index (χ3n) is 2.85. The lowest BCUT2D eigenvalue weighted by Gasteiger charge is -2.13. The zero-order valence-corrected chi connectivity index (χ0v) is 10.9. The first kappa shape index (κ1) is 12.4. The number of nitrogens with zero attached hydrogens (tertiary/aromatic N) is 1. The lowest BCUT2D eigenvalue weighted by molar-refractivity contribution is 1.06. The van der Waals surface area contributed by atoms with E-state index in [0.717, 1.165) is 17.7 Å². The number of benzene rings is 1. The molecule has 0 saturated carbocycles. The van der Waals surface area contributed by atoms with Crippen molar-refractivity contribution in [2.45, 2.75) is 27.2 Å². The van der Waals surface area contributed by atoms with Gasteiger partial charge in [-0.15, -0.1) is 0 Å². The molecule has 4 nitrogen and oxygen atoms in total. The largest absolute Gasteiger partial charge is 0.325 e. The van der Waals surface area contributed by atoms with E-state index in [4.69, 9.17) is 0 Å². The maximum Gasteiger partial charge on any atom is 0.252 e. The average Bonchev–Trinajstić information content (AvgIpc) is 2.30. The van der Waals surface area contributed by atoms with Crippen LogP contribution in [0.2, 0.25) is 0 Å². The van der Waals surface area contributed by atoms with Gasteiger partial charge in [0.15, 0.2) is 0 Å². The van der Waals surface area contributed by atoms with E-state index < -0.39 is 0 Å². The summed E-state index contributed by atoms with van der Waals surface area (Å²) in [6, 6.07) is 7.62. The van der Waals surface area contributed by atoms with Crippen LogP contribution in [-0.4, -0.2) is 9.97 Å². The molecule has 1 heterocycles. The number of hydrogen-bond acceptors (Lipinski definition) is 3. The molecule has 0 atom stereocenters. The molecule has 0 fully saturated rings. The minimum absolute atomic E-state index is 0.142. The Bertz CT molecular complexity index is 617. The van der Waals surface area contributed by atoms with Crippen LogP contribution < -0.4 is 10.9 Å². The molecule has 1 aromatic heterocycles. The van der Waals surface area contributed by atoms with Crippen LogP contribution in [0.1, 0.15) is 23.7 Å². The lowest BCUT2D eigenvalue weighted by Crippen LogP contribution is -2.11. The van der Waals surface area contributed by atoms with E-state index in [9.17, 15) is 4.79 Å². The van der Waals surface area contributed by atoms with Gasteiger partial charge in [0.05, 0.1) is 0 Å². The summed E-state index contributed by atoms with van der Waals surface area (Å²) < 4.78 is 0. The third-order valence-corrected chi connectivity index (χ3v) is 2.85. The molecule has 94 valence electrons. The van der Waals surface area contributed by atoms with Crippen LogP contribution in [-0.2, 0) is 6.42 Å². The van der Waals surface area contributed by atoms with E-state index in [1.54, 1.807) is 6.92 Å². The van der Waals surface area contributed by atoms with Crippen LogP contribution in [0.15, 0.2) is 29.1 Å². The fourth-order valence-corrected chi connectivity index (χ4v) is 1.96. The molecule has 0 spiro atoms. The number of aryl methyl sites for hydroxylation is 3. The molecule has 0 saturated heterocycles. The van der Waals surface area contributed by atoms with E-state index in [1.165, 1.54) is 11.6 Å². The Morgan fingerprint density at radius 2 is 2.11 bits per heavy atom. The highest BCUT2D eigenvalue weighted by atomic mass is 16.1. The predicted molar refractivity (Wildman–Crippen MR) is 73.4 cm³/mol. The summed E-state index contributed by atoms with van der Waals surface area (Å²) in [7, 11) is 0. The lowest BCUT2D eigenvalue weighted by atomic mass is 10.1. The molecule has 2 rings (SSSR count). The molecule has 0 aliphatic rings. The van der Waals surface area contributed by atoms with Gasteiger partial charge in [-0.1, -0.05) is 25.1 Å². The van der Waals surface area contributed by atoms with E-state index in [2.05, 4.69) is 28.3 Å². The second-order valence-electron chi connectivity index (χ2n) is 4.32. The number of rotatable bonds is 3. The normalized spacial score (nSPS) is 10.4. The smallest absolute Gasteiger partial charge is 0.252 e. The Labute approximate surface area is 106 Å². The Morgan fingerprint density at radius 3 is 2.78 bits per heavy atom. The van der Waals surface area contributed by atoms with Crippen LogP contribution in [0.3, 0.4) is 0 Å². The Morgan fingerprint density at radius 1 is 1.33 bits per heavy atom. The highest BCUT2D eigenvalue weighted by Crippen LogP contribution is 2.23. The van der Waals surface area contributed by atoms with Gasteiger partial charge in [0.2, 0.25) is 5.95 Å². The van der Waals surface area contributed by atoms with Crippen molar-refractivity contribution in [3.05, 3.63) is 51.4 Å². The molecule has 2 N–H and O–H groups in total. The zero-order chi connectivity index (χ0) is 13.1. The van der Waals surface area contributed by atoms with Crippen molar-refractivity contribution in [2.24, 2.45) is 0 Å². The molecule has 2 aromatic rings. The van der Waals surface area contributed by atoms with E-state index >= 15 is 0 Å². The van der Waals surface area contributed by atoms with Gasteiger partial charge in [-0.3, -0.25) is 9.78 Å². The molecule has 0 amide bonds. The van der Waals surface area contributed by atoms with Crippen molar-refractivity contribution < 1.29 is 0 Å². The number of para-hydroxylation sites is 1. The van der Waals surface area contributed by atoms with Crippen molar-refractivity contribution >= 4 is 11.6 Å². The van der Waals surface area contributed by atoms with Gasteiger partial charge in [-0.25, -0.2) is 4.98 Å².